The molecule has 1 N–H and O–H groups in total. The number of esters is 1. The van der Waals surface area contributed by atoms with Gasteiger partial charge in [-0.25, -0.2) is 9.18 Å². The van der Waals surface area contributed by atoms with Gasteiger partial charge in [-0.3, -0.25) is 14.8 Å². The molecule has 0 bridgehead atoms. The highest BCUT2D eigenvalue weighted by atomic mass is 19.1. The Hall–Kier alpha value is -3.03. The van der Waals surface area contributed by atoms with Gasteiger partial charge >= 0.3 is 11.9 Å². The van der Waals surface area contributed by atoms with Crippen LogP contribution in [0, 0.1) is 5.82 Å². The van der Waals surface area contributed by atoms with Crippen molar-refractivity contribution >= 4 is 11.9 Å². The number of nitrogens with zero attached hydrogens (tertiary/aromatic N) is 2. The fraction of sp³-hybridized carbons (Fsp3) is 0.368. The molecule has 0 aliphatic heterocycles. The number of benzene rings is 1. The van der Waals surface area contributed by atoms with E-state index in [2.05, 4.69) is 9.97 Å². The van der Waals surface area contributed by atoms with Gasteiger partial charge in [0.2, 0.25) is 0 Å². The molecule has 0 unspecified atom stereocenters. The molecule has 1 heterocycles. The molecular formula is C19H21FN2O5. The van der Waals surface area contributed by atoms with E-state index < -0.39 is 17.4 Å². The molecule has 0 saturated carbocycles. The first-order valence-electron chi connectivity index (χ1n) is 8.24. The molecule has 0 radical (unpaired) electrons. The number of ether oxygens (including phenoxy) is 2. The summed E-state index contributed by atoms with van der Waals surface area (Å²) in [5, 5.41) is 9.22. The molecule has 144 valence electrons. The fourth-order valence-electron chi connectivity index (χ4n) is 2.33. The van der Waals surface area contributed by atoms with Crippen molar-refractivity contribution in [2.75, 3.05) is 7.11 Å². The topological polar surface area (TPSA) is 98.6 Å². The number of hydrogen-bond acceptors (Lipinski definition) is 6. The Morgan fingerprint density at radius 2 is 1.89 bits per heavy atom. The molecule has 2 rings (SSSR count). The quantitative estimate of drug-likeness (QED) is 0.773. The van der Waals surface area contributed by atoms with Crippen LogP contribution < -0.4 is 4.74 Å². The van der Waals surface area contributed by atoms with Crippen molar-refractivity contribution in [3.8, 4) is 17.0 Å². The first-order valence-corrected chi connectivity index (χ1v) is 8.24. The Morgan fingerprint density at radius 3 is 2.41 bits per heavy atom. The summed E-state index contributed by atoms with van der Waals surface area (Å²) in [6.45, 7) is 5.36. The number of hydrogen-bond donors (Lipinski definition) is 1. The second-order valence-corrected chi connectivity index (χ2v) is 6.82. The van der Waals surface area contributed by atoms with E-state index in [1.807, 2.05) is 0 Å². The van der Waals surface area contributed by atoms with Gasteiger partial charge in [0.25, 0.3) is 0 Å². The van der Waals surface area contributed by atoms with E-state index in [1.165, 1.54) is 19.5 Å². The Bertz CT molecular complexity index is 844. The van der Waals surface area contributed by atoms with Crippen LogP contribution in [0.2, 0.25) is 0 Å². The second-order valence-electron chi connectivity index (χ2n) is 6.82. The van der Waals surface area contributed by atoms with Crippen molar-refractivity contribution in [3.05, 3.63) is 41.6 Å². The van der Waals surface area contributed by atoms with E-state index in [0.29, 0.717) is 12.1 Å². The normalized spacial score (nSPS) is 11.1. The first kappa shape index (κ1) is 20.3. The van der Waals surface area contributed by atoms with E-state index >= 15 is 0 Å². The van der Waals surface area contributed by atoms with E-state index in [9.17, 15) is 19.1 Å². The van der Waals surface area contributed by atoms with Crippen LogP contribution in [0.3, 0.4) is 0 Å². The summed E-state index contributed by atoms with van der Waals surface area (Å²) in [6.07, 6.45) is 3.23. The zero-order valence-corrected chi connectivity index (χ0v) is 15.6. The van der Waals surface area contributed by atoms with Crippen LogP contribution in [0.5, 0.6) is 5.75 Å². The Labute approximate surface area is 156 Å². The summed E-state index contributed by atoms with van der Waals surface area (Å²) in [5.74, 6) is -2.34. The molecule has 0 aliphatic carbocycles. The minimum Gasteiger partial charge on any atom is -0.496 e. The Morgan fingerprint density at radius 1 is 1.19 bits per heavy atom. The Balaban J connectivity index is 2.17. The van der Waals surface area contributed by atoms with Gasteiger partial charge in [0.05, 0.1) is 31.1 Å². The predicted octanol–water partition coefficient (Wildman–Crippen LogP) is 3.26. The number of carbonyl (C=O) groups is 2. The third-order valence-corrected chi connectivity index (χ3v) is 3.51. The van der Waals surface area contributed by atoms with Crippen LogP contribution in [0.1, 0.15) is 43.2 Å². The number of carbonyl (C=O) groups excluding carboxylic acids is 1. The highest BCUT2D eigenvalue weighted by molar-refractivity contribution is 5.92. The molecule has 0 atom stereocenters. The summed E-state index contributed by atoms with van der Waals surface area (Å²) in [6, 6.07) is 2.15. The first-order chi connectivity index (χ1) is 12.6. The molecule has 27 heavy (non-hydrogen) atoms. The van der Waals surface area contributed by atoms with Crippen molar-refractivity contribution < 1.29 is 28.6 Å². The lowest BCUT2D eigenvalue weighted by molar-refractivity contribution is -0.154. The zero-order valence-electron chi connectivity index (χ0n) is 15.6. The lowest BCUT2D eigenvalue weighted by Crippen LogP contribution is -2.24. The van der Waals surface area contributed by atoms with Gasteiger partial charge in [0.15, 0.2) is 0 Å². The van der Waals surface area contributed by atoms with Crippen molar-refractivity contribution in [1.82, 2.24) is 9.97 Å². The minimum atomic E-state index is -1.24. The number of carboxylic acid groups (broad SMARTS) is 1. The molecule has 0 saturated heterocycles. The average molecular weight is 376 g/mol. The van der Waals surface area contributed by atoms with Crippen LogP contribution in [0.25, 0.3) is 11.3 Å². The van der Waals surface area contributed by atoms with Gasteiger partial charge in [-0.2, -0.15) is 0 Å². The van der Waals surface area contributed by atoms with Crippen molar-refractivity contribution in [2.45, 2.75) is 39.2 Å². The summed E-state index contributed by atoms with van der Waals surface area (Å²) in [5.41, 5.74) is -0.0138. The van der Waals surface area contributed by atoms with Gasteiger partial charge < -0.3 is 14.6 Å². The maximum Gasteiger partial charge on any atom is 0.339 e. The molecule has 2 aromatic rings. The maximum atomic E-state index is 14.3. The summed E-state index contributed by atoms with van der Waals surface area (Å²) in [4.78, 5) is 31.3. The van der Waals surface area contributed by atoms with E-state index in [4.69, 9.17) is 9.47 Å². The number of methoxy groups -OCH3 is 1. The van der Waals surface area contributed by atoms with Crippen LogP contribution in [-0.4, -0.2) is 39.7 Å². The number of carboxylic acids is 1. The molecular weight excluding hydrogens is 355 g/mol. The molecule has 0 fully saturated rings. The number of halogens is 1. The van der Waals surface area contributed by atoms with Crippen LogP contribution >= 0.6 is 0 Å². The lowest BCUT2D eigenvalue weighted by Gasteiger charge is -2.19. The van der Waals surface area contributed by atoms with Crippen LogP contribution in [0.15, 0.2) is 24.5 Å². The third kappa shape index (κ3) is 5.47. The standard InChI is InChI=1S/C19H21FN2O5/c1-19(2,3)27-17(23)6-5-11-9-22-15(10-21-11)12-7-13(18(24)25)16(26-4)8-14(12)20/h7-10H,5-6H2,1-4H3,(H,24,25). The predicted molar refractivity (Wildman–Crippen MR) is 95.1 cm³/mol. The molecule has 0 amide bonds. The maximum absolute atomic E-state index is 14.3. The Kier molecular flexibility index (Phi) is 6.09. The molecule has 1 aromatic heterocycles. The van der Waals surface area contributed by atoms with E-state index in [1.54, 1.807) is 20.8 Å². The molecule has 8 heteroatoms. The highest BCUT2D eigenvalue weighted by Gasteiger charge is 2.18. The lowest BCUT2D eigenvalue weighted by atomic mass is 10.1. The van der Waals surface area contributed by atoms with E-state index in [-0.39, 0.29) is 35.0 Å². The number of aromatic nitrogens is 2. The largest absolute Gasteiger partial charge is 0.496 e. The monoisotopic (exact) mass is 376 g/mol. The summed E-state index contributed by atoms with van der Waals surface area (Å²) < 4.78 is 24.4. The van der Waals surface area contributed by atoms with Crippen molar-refractivity contribution in [1.29, 1.82) is 0 Å². The number of aromatic carboxylic acids is 1. The van der Waals surface area contributed by atoms with Gasteiger partial charge in [0, 0.05) is 24.2 Å². The summed E-state index contributed by atoms with van der Waals surface area (Å²) in [7, 11) is 1.26. The second kappa shape index (κ2) is 8.11. The molecule has 1 aromatic carbocycles. The van der Waals surface area contributed by atoms with Gasteiger partial charge in [-0.1, -0.05) is 0 Å². The third-order valence-electron chi connectivity index (χ3n) is 3.51. The SMILES string of the molecule is COc1cc(F)c(-c2cnc(CCC(=O)OC(C)(C)C)cn2)cc1C(=O)O. The van der Waals surface area contributed by atoms with Gasteiger partial charge in [0.1, 0.15) is 22.7 Å². The number of rotatable bonds is 6. The summed E-state index contributed by atoms with van der Waals surface area (Å²) >= 11 is 0. The van der Waals surface area contributed by atoms with Crippen molar-refractivity contribution in [2.24, 2.45) is 0 Å². The smallest absolute Gasteiger partial charge is 0.339 e. The molecule has 0 spiro atoms. The minimum absolute atomic E-state index is 0.000563. The molecule has 0 aliphatic rings. The van der Waals surface area contributed by atoms with Crippen LogP contribution in [-0.2, 0) is 16.0 Å². The van der Waals surface area contributed by atoms with Gasteiger partial charge in [-0.05, 0) is 26.8 Å². The van der Waals surface area contributed by atoms with E-state index in [0.717, 1.165) is 12.1 Å². The van der Waals surface area contributed by atoms with Crippen molar-refractivity contribution in [3.63, 3.8) is 0 Å². The fourth-order valence-corrected chi connectivity index (χ4v) is 2.33. The average Bonchev–Trinajstić information content (AvgIpc) is 2.58. The van der Waals surface area contributed by atoms with Gasteiger partial charge in [-0.15, -0.1) is 0 Å². The molecule has 7 nitrogen and oxygen atoms in total. The highest BCUT2D eigenvalue weighted by Crippen LogP contribution is 2.28. The van der Waals surface area contributed by atoms with Crippen LogP contribution in [0.4, 0.5) is 4.39 Å². The zero-order chi connectivity index (χ0) is 20.2. The number of aryl methyl sites for hydroxylation is 1.